The van der Waals surface area contributed by atoms with Crippen molar-refractivity contribution in [3.8, 4) is 0 Å². The van der Waals surface area contributed by atoms with E-state index in [0.29, 0.717) is 16.5 Å². The summed E-state index contributed by atoms with van der Waals surface area (Å²) in [7, 11) is 0. The van der Waals surface area contributed by atoms with Crippen LogP contribution in [0.2, 0.25) is 0 Å². The smallest absolute Gasteiger partial charge is 0.306 e. The zero-order valence-corrected chi connectivity index (χ0v) is 21.3. The Kier molecular flexibility index (Phi) is 6.04. The molecule has 7 heteroatoms. The second kappa shape index (κ2) is 9.26. The number of rotatable bonds is 8. The average molecular weight is 503 g/mol. The van der Waals surface area contributed by atoms with Crippen molar-refractivity contribution < 1.29 is 23.9 Å². The molecule has 3 amide bonds. The third-order valence-corrected chi connectivity index (χ3v) is 9.36. The summed E-state index contributed by atoms with van der Waals surface area (Å²) in [6.07, 6.45) is 7.98. The minimum absolute atomic E-state index is 0.0285. The molecule has 0 saturated heterocycles. The van der Waals surface area contributed by atoms with E-state index in [1.165, 1.54) is 43.4 Å². The standard InChI is InChI=1S/C30H34N2O5/c1-18(30-14-19-11-20(15-30)13-21(12-19)16-30)31-25(33)17-37-26(34)9-4-10-32-28(35)23-7-2-5-22-6-3-8-24(27(22)23)29(32)36/h2-3,5-8,18-21H,4,9-17H2,1H3,(H,31,33)/t18-,19?,20?,21?,30?/m0/s1. The Morgan fingerprint density at radius 3 is 2.11 bits per heavy atom. The zero-order valence-electron chi connectivity index (χ0n) is 21.3. The molecule has 2 aromatic rings. The van der Waals surface area contributed by atoms with E-state index in [1.807, 2.05) is 12.1 Å². The average Bonchev–Trinajstić information content (AvgIpc) is 2.87. The lowest BCUT2D eigenvalue weighted by Gasteiger charge is -2.59. The summed E-state index contributed by atoms with van der Waals surface area (Å²) in [6.45, 7) is 1.93. The molecular formula is C30H34N2O5. The van der Waals surface area contributed by atoms with E-state index in [0.717, 1.165) is 23.1 Å². The fourth-order valence-corrected chi connectivity index (χ4v) is 8.03. The van der Waals surface area contributed by atoms with Gasteiger partial charge in [0.05, 0.1) is 0 Å². The van der Waals surface area contributed by atoms with Crippen LogP contribution in [0, 0.1) is 23.2 Å². The number of benzene rings is 2. The van der Waals surface area contributed by atoms with Crippen LogP contribution in [0.15, 0.2) is 36.4 Å². The van der Waals surface area contributed by atoms with Crippen LogP contribution < -0.4 is 5.32 Å². The Balaban J connectivity index is 0.977. The first kappa shape index (κ1) is 24.1. The first-order valence-electron chi connectivity index (χ1n) is 13.7. The molecule has 4 fully saturated rings. The normalized spacial score (nSPS) is 28.5. The Bertz CT molecular complexity index is 1200. The largest absolute Gasteiger partial charge is 0.456 e. The number of imide groups is 1. The van der Waals surface area contributed by atoms with E-state index in [1.54, 1.807) is 24.3 Å². The molecular weight excluding hydrogens is 468 g/mol. The molecule has 0 aromatic heterocycles. The van der Waals surface area contributed by atoms with E-state index in [4.69, 9.17) is 4.74 Å². The lowest BCUT2D eigenvalue weighted by molar-refractivity contribution is -0.149. The summed E-state index contributed by atoms with van der Waals surface area (Å²) in [6, 6.07) is 10.9. The van der Waals surface area contributed by atoms with E-state index >= 15 is 0 Å². The molecule has 1 atom stereocenters. The van der Waals surface area contributed by atoms with Crippen molar-refractivity contribution in [3.05, 3.63) is 47.5 Å². The Morgan fingerprint density at radius 1 is 0.973 bits per heavy atom. The van der Waals surface area contributed by atoms with Crippen molar-refractivity contribution in [1.82, 2.24) is 10.2 Å². The number of amides is 3. The van der Waals surface area contributed by atoms with Gasteiger partial charge in [0.1, 0.15) is 0 Å². The van der Waals surface area contributed by atoms with Crippen molar-refractivity contribution in [3.63, 3.8) is 0 Å². The molecule has 1 heterocycles. The second-order valence-electron chi connectivity index (χ2n) is 11.8. The van der Waals surface area contributed by atoms with Crippen LogP contribution in [-0.4, -0.2) is 47.8 Å². The van der Waals surface area contributed by atoms with Gasteiger partial charge in [-0.15, -0.1) is 0 Å². The summed E-state index contributed by atoms with van der Waals surface area (Å²) in [5.74, 6) is 0.969. The van der Waals surface area contributed by atoms with Gasteiger partial charge in [0, 0.05) is 35.5 Å². The molecule has 194 valence electrons. The van der Waals surface area contributed by atoms with Gasteiger partial charge in [0.25, 0.3) is 17.7 Å². The number of carbonyl (C=O) groups excluding carboxylic acids is 4. The quantitative estimate of drug-likeness (QED) is 0.424. The molecule has 7 rings (SSSR count). The van der Waals surface area contributed by atoms with Crippen LogP contribution in [0.5, 0.6) is 0 Å². The molecule has 4 saturated carbocycles. The van der Waals surface area contributed by atoms with Crippen LogP contribution in [0.3, 0.4) is 0 Å². The van der Waals surface area contributed by atoms with Crippen molar-refractivity contribution >= 4 is 34.5 Å². The van der Waals surface area contributed by atoms with Gasteiger partial charge >= 0.3 is 5.97 Å². The summed E-state index contributed by atoms with van der Waals surface area (Å²) in [4.78, 5) is 52.0. The number of hydrogen-bond acceptors (Lipinski definition) is 5. The molecule has 7 nitrogen and oxygen atoms in total. The molecule has 2 aromatic carbocycles. The second-order valence-corrected chi connectivity index (χ2v) is 11.8. The lowest BCUT2D eigenvalue weighted by atomic mass is 9.48. The highest BCUT2D eigenvalue weighted by molar-refractivity contribution is 6.25. The first-order valence-corrected chi connectivity index (χ1v) is 13.7. The third kappa shape index (κ3) is 4.32. The topological polar surface area (TPSA) is 92.8 Å². The first-order chi connectivity index (χ1) is 17.8. The van der Waals surface area contributed by atoms with Gasteiger partial charge in [-0.05, 0) is 92.6 Å². The van der Waals surface area contributed by atoms with Crippen LogP contribution in [0.1, 0.15) is 79.0 Å². The van der Waals surface area contributed by atoms with Gasteiger partial charge in [0.15, 0.2) is 6.61 Å². The van der Waals surface area contributed by atoms with Gasteiger partial charge in [-0.25, -0.2) is 0 Å². The summed E-state index contributed by atoms with van der Waals surface area (Å²) >= 11 is 0. The third-order valence-electron chi connectivity index (χ3n) is 9.36. The Morgan fingerprint density at radius 2 is 1.54 bits per heavy atom. The molecule has 4 bridgehead atoms. The maximum atomic E-state index is 13.0. The SMILES string of the molecule is C[C@H](NC(=O)COC(=O)CCCN1C(=O)c2cccc3cccc(c23)C1=O)C12CC3CC(CC(C3)C1)C2. The van der Waals surface area contributed by atoms with Crippen molar-refractivity contribution in [2.45, 2.75) is 64.3 Å². The number of nitrogens with one attached hydrogen (secondary N) is 1. The molecule has 1 aliphatic heterocycles. The number of ether oxygens (including phenoxy) is 1. The van der Waals surface area contributed by atoms with Crippen LogP contribution in [-0.2, 0) is 14.3 Å². The van der Waals surface area contributed by atoms with Gasteiger partial charge in [-0.1, -0.05) is 24.3 Å². The predicted octanol–water partition coefficient (Wildman–Crippen LogP) is 4.48. The Hall–Kier alpha value is -3.22. The molecule has 1 N–H and O–H groups in total. The molecule has 0 spiro atoms. The Labute approximate surface area is 216 Å². The van der Waals surface area contributed by atoms with Crippen LogP contribution in [0.25, 0.3) is 10.8 Å². The minimum atomic E-state index is -0.503. The fourth-order valence-electron chi connectivity index (χ4n) is 8.03. The highest BCUT2D eigenvalue weighted by Crippen LogP contribution is 2.61. The molecule has 5 aliphatic rings. The van der Waals surface area contributed by atoms with Gasteiger partial charge in [-0.3, -0.25) is 24.1 Å². The highest BCUT2D eigenvalue weighted by atomic mass is 16.5. The highest BCUT2D eigenvalue weighted by Gasteiger charge is 2.53. The zero-order chi connectivity index (χ0) is 25.7. The van der Waals surface area contributed by atoms with E-state index in [-0.39, 0.29) is 55.2 Å². The van der Waals surface area contributed by atoms with Gasteiger partial charge in [-0.2, -0.15) is 0 Å². The maximum absolute atomic E-state index is 13.0. The number of esters is 1. The van der Waals surface area contributed by atoms with Crippen LogP contribution >= 0.6 is 0 Å². The lowest BCUT2D eigenvalue weighted by Crippen LogP contribution is -2.56. The maximum Gasteiger partial charge on any atom is 0.306 e. The summed E-state index contributed by atoms with van der Waals surface area (Å²) < 4.78 is 5.23. The minimum Gasteiger partial charge on any atom is -0.456 e. The fraction of sp³-hybridized carbons (Fsp3) is 0.533. The summed E-state index contributed by atoms with van der Waals surface area (Å²) in [5, 5.41) is 4.66. The van der Waals surface area contributed by atoms with Gasteiger partial charge < -0.3 is 10.1 Å². The number of hydrogen-bond donors (Lipinski definition) is 1. The van der Waals surface area contributed by atoms with E-state index in [2.05, 4.69) is 12.2 Å². The molecule has 0 unspecified atom stereocenters. The van der Waals surface area contributed by atoms with Crippen molar-refractivity contribution in [2.24, 2.45) is 23.2 Å². The molecule has 0 radical (unpaired) electrons. The molecule has 4 aliphatic carbocycles. The van der Waals surface area contributed by atoms with Crippen LogP contribution in [0.4, 0.5) is 0 Å². The molecule has 37 heavy (non-hydrogen) atoms. The van der Waals surface area contributed by atoms with Crippen molar-refractivity contribution in [2.75, 3.05) is 13.2 Å². The summed E-state index contributed by atoms with van der Waals surface area (Å²) in [5.41, 5.74) is 1.20. The number of carbonyl (C=O) groups is 4. The van der Waals surface area contributed by atoms with E-state index in [9.17, 15) is 19.2 Å². The van der Waals surface area contributed by atoms with Crippen molar-refractivity contribution in [1.29, 1.82) is 0 Å². The monoisotopic (exact) mass is 502 g/mol. The van der Waals surface area contributed by atoms with E-state index < -0.39 is 5.97 Å². The number of nitrogens with zero attached hydrogens (tertiary/aromatic N) is 1. The predicted molar refractivity (Wildman–Crippen MR) is 138 cm³/mol. The van der Waals surface area contributed by atoms with Gasteiger partial charge in [0.2, 0.25) is 0 Å².